The van der Waals surface area contributed by atoms with Gasteiger partial charge in [-0.15, -0.1) is 0 Å². The first-order valence-corrected chi connectivity index (χ1v) is 6.95. The number of para-hydroxylation sites is 1. The van der Waals surface area contributed by atoms with Crippen LogP contribution in [0.1, 0.15) is 28.4 Å². The molecule has 0 spiro atoms. The van der Waals surface area contributed by atoms with Gasteiger partial charge in [0.25, 0.3) is 0 Å². The third-order valence-electron chi connectivity index (χ3n) is 2.87. The highest BCUT2D eigenvalue weighted by Gasteiger charge is 2.14. The Morgan fingerprint density at radius 3 is 2.63 bits per heavy atom. The van der Waals surface area contributed by atoms with Gasteiger partial charge in [-0.05, 0) is 37.6 Å². The largest absolute Gasteiger partial charge is 0.493 e. The smallest absolute Gasteiger partial charge is 0.196 e. The molecule has 0 aliphatic carbocycles. The Bertz CT molecular complexity index is 605. The number of ether oxygens (including phenoxy) is 1. The molecule has 0 fully saturated rings. The highest BCUT2D eigenvalue weighted by Crippen LogP contribution is 2.24. The molecular formula is C16H15BrO2. The van der Waals surface area contributed by atoms with Crippen LogP contribution in [-0.2, 0) is 0 Å². The van der Waals surface area contributed by atoms with Crippen molar-refractivity contribution in [3.63, 3.8) is 0 Å². The van der Waals surface area contributed by atoms with Gasteiger partial charge in [0.05, 0.1) is 12.2 Å². The van der Waals surface area contributed by atoms with E-state index < -0.39 is 0 Å². The average molecular weight is 319 g/mol. The van der Waals surface area contributed by atoms with Crippen molar-refractivity contribution in [2.24, 2.45) is 0 Å². The van der Waals surface area contributed by atoms with E-state index in [1.54, 1.807) is 6.07 Å². The van der Waals surface area contributed by atoms with Crippen LogP contribution in [0.15, 0.2) is 46.9 Å². The van der Waals surface area contributed by atoms with E-state index in [1.807, 2.05) is 50.2 Å². The minimum absolute atomic E-state index is 0.0234. The summed E-state index contributed by atoms with van der Waals surface area (Å²) in [6, 6.07) is 12.9. The highest BCUT2D eigenvalue weighted by atomic mass is 79.9. The van der Waals surface area contributed by atoms with Crippen LogP contribution >= 0.6 is 15.9 Å². The van der Waals surface area contributed by atoms with Gasteiger partial charge < -0.3 is 4.74 Å². The van der Waals surface area contributed by atoms with Gasteiger partial charge >= 0.3 is 0 Å². The maximum atomic E-state index is 12.5. The summed E-state index contributed by atoms with van der Waals surface area (Å²) in [4.78, 5) is 12.5. The quantitative estimate of drug-likeness (QED) is 0.782. The molecule has 2 aromatic rings. The number of carbonyl (C=O) groups is 1. The predicted octanol–water partition coefficient (Wildman–Crippen LogP) is 4.39. The van der Waals surface area contributed by atoms with Crippen molar-refractivity contribution >= 4 is 21.7 Å². The first-order valence-electron chi connectivity index (χ1n) is 6.16. The van der Waals surface area contributed by atoms with Crippen molar-refractivity contribution in [2.75, 3.05) is 6.61 Å². The lowest BCUT2D eigenvalue weighted by molar-refractivity contribution is 0.103. The zero-order valence-corrected chi connectivity index (χ0v) is 12.5. The fraction of sp³-hybridized carbons (Fsp3) is 0.188. The predicted molar refractivity (Wildman–Crippen MR) is 79.9 cm³/mol. The Hall–Kier alpha value is -1.61. The number of hydrogen-bond donors (Lipinski definition) is 0. The molecule has 0 aliphatic rings. The normalized spacial score (nSPS) is 10.3. The minimum Gasteiger partial charge on any atom is -0.493 e. The average Bonchev–Trinajstić information content (AvgIpc) is 2.42. The van der Waals surface area contributed by atoms with E-state index in [1.165, 1.54) is 0 Å². The summed E-state index contributed by atoms with van der Waals surface area (Å²) in [5, 5.41) is 0. The van der Waals surface area contributed by atoms with Crippen LogP contribution in [0.4, 0.5) is 0 Å². The molecule has 0 saturated heterocycles. The van der Waals surface area contributed by atoms with Gasteiger partial charge in [0, 0.05) is 10.0 Å². The fourth-order valence-corrected chi connectivity index (χ4v) is 2.20. The molecule has 2 rings (SSSR count). The zero-order chi connectivity index (χ0) is 13.8. The third kappa shape index (κ3) is 3.04. The van der Waals surface area contributed by atoms with Gasteiger partial charge in [-0.25, -0.2) is 0 Å². The van der Waals surface area contributed by atoms with Gasteiger partial charge in [-0.2, -0.15) is 0 Å². The van der Waals surface area contributed by atoms with Crippen molar-refractivity contribution in [3.8, 4) is 5.75 Å². The van der Waals surface area contributed by atoms with Gasteiger partial charge in [0.1, 0.15) is 5.75 Å². The number of benzene rings is 2. The Morgan fingerprint density at radius 2 is 1.95 bits per heavy atom. The summed E-state index contributed by atoms with van der Waals surface area (Å²) >= 11 is 3.45. The highest BCUT2D eigenvalue weighted by molar-refractivity contribution is 9.10. The Kier molecular flexibility index (Phi) is 4.38. The van der Waals surface area contributed by atoms with E-state index in [-0.39, 0.29) is 5.78 Å². The monoisotopic (exact) mass is 318 g/mol. The van der Waals surface area contributed by atoms with E-state index in [2.05, 4.69) is 15.9 Å². The second kappa shape index (κ2) is 6.02. The van der Waals surface area contributed by atoms with E-state index in [0.29, 0.717) is 23.5 Å². The molecule has 0 aromatic heterocycles. The number of carbonyl (C=O) groups excluding carboxylic acids is 1. The number of ketones is 1. The van der Waals surface area contributed by atoms with Crippen molar-refractivity contribution in [1.82, 2.24) is 0 Å². The topological polar surface area (TPSA) is 26.3 Å². The molecule has 2 nitrogen and oxygen atoms in total. The molecule has 19 heavy (non-hydrogen) atoms. The maximum absolute atomic E-state index is 12.5. The number of aryl methyl sites for hydroxylation is 1. The standard InChI is InChI=1S/C16H15BrO2/c1-3-19-15-7-5-4-6-13(15)16(18)12-9-8-11(2)14(17)10-12/h4-10H,3H2,1-2H3. The summed E-state index contributed by atoms with van der Waals surface area (Å²) < 4.78 is 6.44. The Labute approximate surface area is 121 Å². The fourth-order valence-electron chi connectivity index (χ4n) is 1.83. The minimum atomic E-state index is -0.0234. The number of hydrogen-bond acceptors (Lipinski definition) is 2. The molecule has 0 amide bonds. The first kappa shape index (κ1) is 13.8. The lowest BCUT2D eigenvalue weighted by Crippen LogP contribution is -2.05. The van der Waals surface area contributed by atoms with E-state index in [0.717, 1.165) is 10.0 Å². The summed E-state index contributed by atoms with van der Waals surface area (Å²) in [5.41, 5.74) is 2.36. The second-order valence-corrected chi connectivity index (χ2v) is 5.08. The molecule has 0 heterocycles. The zero-order valence-electron chi connectivity index (χ0n) is 10.9. The molecule has 0 aliphatic heterocycles. The van der Waals surface area contributed by atoms with Crippen molar-refractivity contribution < 1.29 is 9.53 Å². The second-order valence-electron chi connectivity index (χ2n) is 4.22. The lowest BCUT2D eigenvalue weighted by Gasteiger charge is -2.09. The van der Waals surface area contributed by atoms with Crippen LogP contribution in [0.2, 0.25) is 0 Å². The summed E-state index contributed by atoms with van der Waals surface area (Å²) in [6.07, 6.45) is 0. The third-order valence-corrected chi connectivity index (χ3v) is 3.72. The molecule has 98 valence electrons. The van der Waals surface area contributed by atoms with E-state index in [9.17, 15) is 4.79 Å². The van der Waals surface area contributed by atoms with Crippen LogP contribution in [0.3, 0.4) is 0 Å². The Morgan fingerprint density at radius 1 is 1.21 bits per heavy atom. The lowest BCUT2D eigenvalue weighted by atomic mass is 10.0. The van der Waals surface area contributed by atoms with Crippen molar-refractivity contribution in [2.45, 2.75) is 13.8 Å². The molecule has 3 heteroatoms. The van der Waals surface area contributed by atoms with Gasteiger partial charge in [-0.3, -0.25) is 4.79 Å². The van der Waals surface area contributed by atoms with E-state index >= 15 is 0 Å². The van der Waals surface area contributed by atoms with Crippen LogP contribution in [0.25, 0.3) is 0 Å². The molecule has 2 aromatic carbocycles. The van der Waals surface area contributed by atoms with Crippen LogP contribution in [0, 0.1) is 6.92 Å². The first-order chi connectivity index (χ1) is 9.13. The molecule has 0 radical (unpaired) electrons. The maximum Gasteiger partial charge on any atom is 0.196 e. The molecule has 0 N–H and O–H groups in total. The molecule has 0 saturated carbocycles. The Balaban J connectivity index is 2.41. The molecule has 0 unspecified atom stereocenters. The van der Waals surface area contributed by atoms with Crippen LogP contribution < -0.4 is 4.74 Å². The summed E-state index contributed by atoms with van der Waals surface area (Å²) in [6.45, 7) is 4.44. The number of halogens is 1. The van der Waals surface area contributed by atoms with E-state index in [4.69, 9.17) is 4.74 Å². The van der Waals surface area contributed by atoms with Gasteiger partial charge in [-0.1, -0.05) is 40.2 Å². The SMILES string of the molecule is CCOc1ccccc1C(=O)c1ccc(C)c(Br)c1. The summed E-state index contributed by atoms with van der Waals surface area (Å²) in [7, 11) is 0. The molecule has 0 bridgehead atoms. The van der Waals surface area contributed by atoms with Crippen molar-refractivity contribution in [1.29, 1.82) is 0 Å². The number of rotatable bonds is 4. The van der Waals surface area contributed by atoms with Crippen LogP contribution in [-0.4, -0.2) is 12.4 Å². The summed E-state index contributed by atoms with van der Waals surface area (Å²) in [5.74, 6) is 0.608. The van der Waals surface area contributed by atoms with Gasteiger partial charge in [0.15, 0.2) is 5.78 Å². The van der Waals surface area contributed by atoms with Gasteiger partial charge in [0.2, 0.25) is 0 Å². The molecule has 0 atom stereocenters. The van der Waals surface area contributed by atoms with Crippen LogP contribution in [0.5, 0.6) is 5.75 Å². The van der Waals surface area contributed by atoms with Crippen molar-refractivity contribution in [3.05, 3.63) is 63.6 Å². The molecular weight excluding hydrogens is 304 g/mol.